The first-order valence-corrected chi connectivity index (χ1v) is 9.69. The van der Waals surface area contributed by atoms with E-state index in [0.717, 1.165) is 31.2 Å². The minimum atomic E-state index is -0.301. The number of nitrogens with zero attached hydrogens (tertiary/aromatic N) is 1. The van der Waals surface area contributed by atoms with E-state index in [1.54, 1.807) is 37.5 Å². The van der Waals surface area contributed by atoms with Gasteiger partial charge in [0.25, 0.3) is 11.8 Å². The van der Waals surface area contributed by atoms with E-state index in [-0.39, 0.29) is 17.5 Å². The highest BCUT2D eigenvalue weighted by Gasteiger charge is 2.22. The lowest BCUT2D eigenvalue weighted by Crippen LogP contribution is -2.39. The van der Waals surface area contributed by atoms with Crippen LogP contribution in [0.4, 0.5) is 0 Å². The summed E-state index contributed by atoms with van der Waals surface area (Å²) in [4.78, 5) is 27.8. The second-order valence-corrected chi connectivity index (χ2v) is 6.83. The summed E-state index contributed by atoms with van der Waals surface area (Å²) in [5.74, 6) is 0.194. The van der Waals surface area contributed by atoms with Crippen LogP contribution < -0.4 is 10.1 Å². The van der Waals surface area contributed by atoms with Crippen LogP contribution in [0.5, 0.6) is 5.75 Å². The first-order chi connectivity index (χ1) is 13.7. The molecule has 1 saturated heterocycles. The van der Waals surface area contributed by atoms with Crippen molar-refractivity contribution in [3.63, 3.8) is 0 Å². The molecule has 0 spiro atoms. The molecule has 2 amide bonds. The van der Waals surface area contributed by atoms with Gasteiger partial charge in [-0.2, -0.15) is 0 Å². The lowest BCUT2D eigenvalue weighted by atomic mass is 10.1. The maximum atomic E-state index is 13.2. The summed E-state index contributed by atoms with van der Waals surface area (Å²) in [7, 11) is 1.59. The van der Waals surface area contributed by atoms with Crippen molar-refractivity contribution < 1.29 is 14.3 Å². The smallest absolute Gasteiger partial charge is 0.270 e. The van der Waals surface area contributed by atoms with Gasteiger partial charge in [0.1, 0.15) is 11.4 Å². The van der Waals surface area contributed by atoms with Gasteiger partial charge in [-0.25, -0.2) is 0 Å². The number of carbonyl (C=O) groups excluding carboxylic acids is 2. The van der Waals surface area contributed by atoms with Gasteiger partial charge in [-0.3, -0.25) is 9.59 Å². The molecule has 2 aromatic rings. The van der Waals surface area contributed by atoms with E-state index in [4.69, 9.17) is 4.74 Å². The molecule has 1 aliphatic heterocycles. The summed E-state index contributed by atoms with van der Waals surface area (Å²) in [6.45, 7) is 1.42. The standard InChI is InChI=1S/C23H26N2O3/c1-28-21-14-8-7-13-19(21)17-20(23(27)25-15-9-2-3-10-16-25)24-22(26)18-11-5-4-6-12-18/h4-8,11-14,17H,2-3,9-10,15-16H2,1H3,(H,24,26). The van der Waals surface area contributed by atoms with Crippen LogP contribution in [0.15, 0.2) is 60.3 Å². The molecule has 1 heterocycles. The number of rotatable bonds is 5. The molecule has 0 atom stereocenters. The maximum Gasteiger partial charge on any atom is 0.270 e. The molecule has 0 bridgehead atoms. The zero-order valence-corrected chi connectivity index (χ0v) is 16.2. The van der Waals surface area contributed by atoms with Crippen LogP contribution >= 0.6 is 0 Å². The molecule has 0 saturated carbocycles. The van der Waals surface area contributed by atoms with E-state index in [2.05, 4.69) is 5.32 Å². The predicted octanol–water partition coefficient (Wildman–Crippen LogP) is 3.87. The zero-order chi connectivity index (χ0) is 19.8. The number of hydrogen-bond donors (Lipinski definition) is 1. The van der Waals surface area contributed by atoms with Crippen LogP contribution in [-0.2, 0) is 4.79 Å². The Morgan fingerprint density at radius 1 is 0.929 bits per heavy atom. The van der Waals surface area contributed by atoms with Gasteiger partial charge in [-0.15, -0.1) is 0 Å². The number of methoxy groups -OCH3 is 1. The highest BCUT2D eigenvalue weighted by Crippen LogP contribution is 2.21. The highest BCUT2D eigenvalue weighted by molar-refractivity contribution is 6.05. The van der Waals surface area contributed by atoms with Crippen molar-refractivity contribution in [1.29, 1.82) is 0 Å². The van der Waals surface area contributed by atoms with Crippen LogP contribution in [0.1, 0.15) is 41.6 Å². The fourth-order valence-corrected chi connectivity index (χ4v) is 3.32. The first kappa shape index (κ1) is 19.7. The number of carbonyl (C=O) groups is 2. The second kappa shape index (κ2) is 9.74. The number of hydrogen-bond acceptors (Lipinski definition) is 3. The Balaban J connectivity index is 1.92. The average Bonchev–Trinajstić information content (AvgIpc) is 3.03. The van der Waals surface area contributed by atoms with Crippen molar-refractivity contribution in [2.75, 3.05) is 20.2 Å². The van der Waals surface area contributed by atoms with Gasteiger partial charge in [-0.05, 0) is 37.1 Å². The third kappa shape index (κ3) is 5.00. The van der Waals surface area contributed by atoms with Crippen LogP contribution in [0, 0.1) is 0 Å². The molecule has 5 nitrogen and oxygen atoms in total. The Kier molecular flexibility index (Phi) is 6.84. The van der Waals surface area contributed by atoms with E-state index >= 15 is 0 Å². The van der Waals surface area contributed by atoms with Crippen LogP contribution in [0.2, 0.25) is 0 Å². The lowest BCUT2D eigenvalue weighted by Gasteiger charge is -2.22. The van der Waals surface area contributed by atoms with Gasteiger partial charge < -0.3 is 15.0 Å². The molecule has 0 radical (unpaired) electrons. The van der Waals surface area contributed by atoms with Crippen LogP contribution in [0.25, 0.3) is 6.08 Å². The van der Waals surface area contributed by atoms with Gasteiger partial charge in [0.05, 0.1) is 7.11 Å². The molecular formula is C23H26N2O3. The molecule has 5 heteroatoms. The van der Waals surface area contributed by atoms with Crippen molar-refractivity contribution in [2.24, 2.45) is 0 Å². The molecule has 0 aromatic heterocycles. The first-order valence-electron chi connectivity index (χ1n) is 9.69. The van der Waals surface area contributed by atoms with Gasteiger partial charge >= 0.3 is 0 Å². The Labute approximate surface area is 166 Å². The van der Waals surface area contributed by atoms with E-state index in [9.17, 15) is 9.59 Å². The van der Waals surface area contributed by atoms with Gasteiger partial charge in [0.15, 0.2) is 0 Å². The van der Waals surface area contributed by atoms with E-state index in [1.807, 2.05) is 35.2 Å². The largest absolute Gasteiger partial charge is 0.496 e. The van der Waals surface area contributed by atoms with Crippen LogP contribution in [-0.4, -0.2) is 36.9 Å². The van der Waals surface area contributed by atoms with E-state index in [0.29, 0.717) is 24.4 Å². The number of para-hydroxylation sites is 1. The summed E-state index contributed by atoms with van der Waals surface area (Å²) in [5, 5.41) is 2.83. The minimum absolute atomic E-state index is 0.155. The third-order valence-corrected chi connectivity index (χ3v) is 4.85. The van der Waals surface area contributed by atoms with E-state index < -0.39 is 0 Å². The molecule has 146 valence electrons. The number of ether oxygens (including phenoxy) is 1. The molecule has 1 fully saturated rings. The van der Waals surface area contributed by atoms with Crippen molar-refractivity contribution in [2.45, 2.75) is 25.7 Å². The number of benzene rings is 2. The summed E-state index contributed by atoms with van der Waals surface area (Å²) in [6.07, 6.45) is 5.94. The quantitative estimate of drug-likeness (QED) is 0.804. The molecule has 0 unspecified atom stereocenters. The van der Waals surface area contributed by atoms with Gasteiger partial charge in [0, 0.05) is 24.2 Å². The summed E-state index contributed by atoms with van der Waals surface area (Å²) < 4.78 is 5.40. The molecule has 1 N–H and O–H groups in total. The maximum absolute atomic E-state index is 13.2. The van der Waals surface area contributed by atoms with Gasteiger partial charge in [-0.1, -0.05) is 49.2 Å². The van der Waals surface area contributed by atoms with Crippen molar-refractivity contribution in [1.82, 2.24) is 10.2 Å². The second-order valence-electron chi connectivity index (χ2n) is 6.83. The Morgan fingerprint density at radius 2 is 1.57 bits per heavy atom. The third-order valence-electron chi connectivity index (χ3n) is 4.85. The van der Waals surface area contributed by atoms with Crippen LogP contribution in [0.3, 0.4) is 0 Å². The topological polar surface area (TPSA) is 58.6 Å². The Morgan fingerprint density at radius 3 is 2.25 bits per heavy atom. The lowest BCUT2D eigenvalue weighted by molar-refractivity contribution is -0.127. The fourth-order valence-electron chi connectivity index (χ4n) is 3.32. The van der Waals surface area contributed by atoms with Crippen molar-refractivity contribution in [3.05, 3.63) is 71.4 Å². The SMILES string of the molecule is COc1ccccc1C=C(NC(=O)c1ccccc1)C(=O)N1CCCCCC1. The summed E-state index contributed by atoms with van der Waals surface area (Å²) >= 11 is 0. The zero-order valence-electron chi connectivity index (χ0n) is 16.2. The molecule has 1 aliphatic rings. The van der Waals surface area contributed by atoms with Gasteiger partial charge in [0.2, 0.25) is 0 Å². The Bertz CT molecular complexity index is 838. The summed E-state index contributed by atoms with van der Waals surface area (Å²) in [6, 6.07) is 16.4. The molecule has 2 aromatic carbocycles. The molecule has 0 aliphatic carbocycles. The minimum Gasteiger partial charge on any atom is -0.496 e. The predicted molar refractivity (Wildman–Crippen MR) is 110 cm³/mol. The number of amides is 2. The van der Waals surface area contributed by atoms with Crippen molar-refractivity contribution >= 4 is 17.9 Å². The van der Waals surface area contributed by atoms with Crippen molar-refractivity contribution in [3.8, 4) is 5.75 Å². The normalized spacial score (nSPS) is 14.9. The fraction of sp³-hybridized carbons (Fsp3) is 0.304. The monoisotopic (exact) mass is 378 g/mol. The number of nitrogens with one attached hydrogen (secondary N) is 1. The molecule has 28 heavy (non-hydrogen) atoms. The highest BCUT2D eigenvalue weighted by atomic mass is 16.5. The Hall–Kier alpha value is -3.08. The average molecular weight is 378 g/mol. The summed E-state index contributed by atoms with van der Waals surface area (Å²) in [5.41, 5.74) is 1.52. The van der Waals surface area contributed by atoms with E-state index in [1.165, 1.54) is 0 Å². The molecule has 3 rings (SSSR count). The number of likely N-dealkylation sites (tertiary alicyclic amines) is 1. The molecular weight excluding hydrogens is 352 g/mol.